The normalized spacial score (nSPS) is 10.4. The Morgan fingerprint density at radius 3 is 2.89 bits per heavy atom. The fourth-order valence-electron chi connectivity index (χ4n) is 1.82. The summed E-state index contributed by atoms with van der Waals surface area (Å²) in [6, 6.07) is 8.14. The van der Waals surface area contributed by atoms with Gasteiger partial charge in [-0.15, -0.1) is 5.10 Å². The molecule has 0 aliphatic heterocycles. The molecule has 0 atom stereocenters. The zero-order valence-corrected chi connectivity index (χ0v) is 10.8. The molecule has 0 saturated carbocycles. The summed E-state index contributed by atoms with van der Waals surface area (Å²) in [7, 11) is 0. The Hall–Kier alpha value is -2.37. The molecule has 100 valence electrons. The summed E-state index contributed by atoms with van der Waals surface area (Å²) in [5, 5.41) is 6.70. The molecule has 6 heteroatoms. The molecule has 1 aromatic carbocycles. The number of carbonyl (C=O) groups excluding carboxylic acids is 1. The zero-order chi connectivity index (χ0) is 13.7. The highest BCUT2D eigenvalue weighted by molar-refractivity contribution is 5.75. The molecule has 1 aromatic heterocycles. The first-order valence-corrected chi connectivity index (χ1v) is 6.11. The first-order chi connectivity index (χ1) is 9.15. The van der Waals surface area contributed by atoms with Crippen molar-refractivity contribution in [2.24, 2.45) is 0 Å². The van der Waals surface area contributed by atoms with Crippen LogP contribution in [0.3, 0.4) is 0 Å². The molecule has 2 rings (SSSR count). The summed E-state index contributed by atoms with van der Waals surface area (Å²) < 4.78 is 1.42. The maximum absolute atomic E-state index is 11.7. The number of nitrogens with zero attached hydrogens (tertiary/aromatic N) is 3. The summed E-state index contributed by atoms with van der Waals surface area (Å²) in [6.07, 6.45) is 2.26. The fourth-order valence-corrected chi connectivity index (χ4v) is 1.82. The van der Waals surface area contributed by atoms with Gasteiger partial charge in [0, 0.05) is 6.54 Å². The van der Waals surface area contributed by atoms with Gasteiger partial charge in [-0.1, -0.05) is 24.3 Å². The van der Waals surface area contributed by atoms with Gasteiger partial charge < -0.3 is 11.1 Å². The number of rotatable bonds is 5. The van der Waals surface area contributed by atoms with Crippen LogP contribution in [0.1, 0.15) is 11.1 Å². The van der Waals surface area contributed by atoms with Gasteiger partial charge in [-0.25, -0.2) is 9.67 Å². The summed E-state index contributed by atoms with van der Waals surface area (Å²) in [5.74, 6) is 0.0752. The molecule has 0 saturated heterocycles. The van der Waals surface area contributed by atoms with E-state index in [-0.39, 0.29) is 18.4 Å². The van der Waals surface area contributed by atoms with Gasteiger partial charge in [0.15, 0.2) is 0 Å². The third kappa shape index (κ3) is 3.80. The molecule has 1 amide bonds. The second kappa shape index (κ2) is 5.99. The summed E-state index contributed by atoms with van der Waals surface area (Å²) in [4.78, 5) is 15.4. The van der Waals surface area contributed by atoms with Gasteiger partial charge in [-0.2, -0.15) is 0 Å². The van der Waals surface area contributed by atoms with Crippen LogP contribution >= 0.6 is 0 Å². The molecule has 0 aliphatic rings. The SMILES string of the molecule is Cc1ccccc1CCNC(=O)Cn1cnc(N)n1. The van der Waals surface area contributed by atoms with Crippen molar-refractivity contribution in [1.82, 2.24) is 20.1 Å². The van der Waals surface area contributed by atoms with Crippen molar-refractivity contribution in [2.75, 3.05) is 12.3 Å². The highest BCUT2D eigenvalue weighted by Gasteiger charge is 2.04. The van der Waals surface area contributed by atoms with Gasteiger partial charge in [-0.3, -0.25) is 4.79 Å². The molecule has 0 fully saturated rings. The monoisotopic (exact) mass is 259 g/mol. The molecule has 0 radical (unpaired) electrons. The maximum atomic E-state index is 11.7. The van der Waals surface area contributed by atoms with E-state index in [4.69, 9.17) is 5.73 Å². The van der Waals surface area contributed by atoms with Crippen molar-refractivity contribution in [2.45, 2.75) is 19.9 Å². The third-order valence-corrected chi connectivity index (χ3v) is 2.84. The zero-order valence-electron chi connectivity index (χ0n) is 10.8. The lowest BCUT2D eigenvalue weighted by Gasteiger charge is -2.07. The number of aryl methyl sites for hydroxylation is 1. The third-order valence-electron chi connectivity index (χ3n) is 2.84. The Kier molecular flexibility index (Phi) is 4.12. The van der Waals surface area contributed by atoms with Crippen LogP contribution in [0, 0.1) is 6.92 Å². The lowest BCUT2D eigenvalue weighted by atomic mass is 10.1. The lowest BCUT2D eigenvalue weighted by molar-refractivity contribution is -0.121. The highest BCUT2D eigenvalue weighted by atomic mass is 16.2. The van der Waals surface area contributed by atoms with E-state index in [1.165, 1.54) is 22.1 Å². The molecule has 2 aromatic rings. The largest absolute Gasteiger partial charge is 0.367 e. The minimum Gasteiger partial charge on any atom is -0.367 e. The predicted molar refractivity (Wildman–Crippen MR) is 72.3 cm³/mol. The number of benzene rings is 1. The second-order valence-corrected chi connectivity index (χ2v) is 4.33. The minimum absolute atomic E-state index is 0.0986. The summed E-state index contributed by atoms with van der Waals surface area (Å²) in [5.41, 5.74) is 7.85. The van der Waals surface area contributed by atoms with Crippen molar-refractivity contribution in [3.8, 4) is 0 Å². The number of hydrogen-bond donors (Lipinski definition) is 2. The van der Waals surface area contributed by atoms with Gasteiger partial charge in [0.2, 0.25) is 11.9 Å². The molecule has 0 bridgehead atoms. The van der Waals surface area contributed by atoms with Crippen LogP contribution < -0.4 is 11.1 Å². The van der Waals surface area contributed by atoms with Crippen LogP contribution in [0.4, 0.5) is 5.95 Å². The number of nitrogens with two attached hydrogens (primary N) is 1. The van der Waals surface area contributed by atoms with E-state index in [0.29, 0.717) is 6.54 Å². The standard InChI is InChI=1S/C13H17N5O/c1-10-4-2-3-5-11(10)6-7-15-12(19)8-18-9-16-13(14)17-18/h2-5,9H,6-8H2,1H3,(H2,14,17)(H,15,19). The van der Waals surface area contributed by atoms with E-state index >= 15 is 0 Å². The van der Waals surface area contributed by atoms with Crippen LogP contribution in [0.5, 0.6) is 0 Å². The van der Waals surface area contributed by atoms with Crippen LogP contribution in [0.25, 0.3) is 0 Å². The number of amides is 1. The smallest absolute Gasteiger partial charge is 0.241 e. The van der Waals surface area contributed by atoms with Crippen molar-refractivity contribution >= 4 is 11.9 Å². The lowest BCUT2D eigenvalue weighted by Crippen LogP contribution is -2.29. The fraction of sp³-hybridized carbons (Fsp3) is 0.308. The number of nitrogens with one attached hydrogen (secondary N) is 1. The van der Waals surface area contributed by atoms with E-state index in [0.717, 1.165) is 6.42 Å². The van der Waals surface area contributed by atoms with Gasteiger partial charge in [0.1, 0.15) is 12.9 Å². The van der Waals surface area contributed by atoms with Crippen LogP contribution in [-0.2, 0) is 17.8 Å². The van der Waals surface area contributed by atoms with Crippen molar-refractivity contribution in [1.29, 1.82) is 0 Å². The van der Waals surface area contributed by atoms with Crippen molar-refractivity contribution in [3.63, 3.8) is 0 Å². The van der Waals surface area contributed by atoms with Crippen LogP contribution in [0.2, 0.25) is 0 Å². The van der Waals surface area contributed by atoms with E-state index in [2.05, 4.69) is 34.5 Å². The van der Waals surface area contributed by atoms with Gasteiger partial charge in [-0.05, 0) is 24.5 Å². The van der Waals surface area contributed by atoms with Gasteiger partial charge in [0.25, 0.3) is 0 Å². The molecule has 1 heterocycles. The van der Waals surface area contributed by atoms with Gasteiger partial charge in [0.05, 0.1) is 0 Å². The summed E-state index contributed by atoms with van der Waals surface area (Å²) >= 11 is 0. The average Bonchev–Trinajstić information content (AvgIpc) is 2.77. The highest BCUT2D eigenvalue weighted by Crippen LogP contribution is 2.06. The molecular weight excluding hydrogens is 242 g/mol. The quantitative estimate of drug-likeness (QED) is 0.820. The molecule has 0 spiro atoms. The molecular formula is C13H17N5O. The minimum atomic E-state index is -0.0986. The summed E-state index contributed by atoms with van der Waals surface area (Å²) in [6.45, 7) is 2.81. The average molecular weight is 259 g/mol. The number of nitrogen functional groups attached to an aromatic ring is 1. The first-order valence-electron chi connectivity index (χ1n) is 6.11. The first kappa shape index (κ1) is 13.1. The van der Waals surface area contributed by atoms with Gasteiger partial charge >= 0.3 is 0 Å². The Bertz CT molecular complexity index is 564. The molecule has 0 unspecified atom stereocenters. The van der Waals surface area contributed by atoms with Crippen LogP contribution in [0.15, 0.2) is 30.6 Å². The molecule has 3 N–H and O–H groups in total. The number of aromatic nitrogens is 3. The number of carbonyl (C=O) groups is 1. The van der Waals surface area contributed by atoms with Crippen molar-refractivity contribution < 1.29 is 4.79 Å². The van der Waals surface area contributed by atoms with Crippen molar-refractivity contribution in [3.05, 3.63) is 41.7 Å². The second-order valence-electron chi connectivity index (χ2n) is 4.33. The van der Waals surface area contributed by atoms with E-state index in [1.807, 2.05) is 12.1 Å². The molecule has 19 heavy (non-hydrogen) atoms. The van der Waals surface area contributed by atoms with E-state index in [9.17, 15) is 4.79 Å². The van der Waals surface area contributed by atoms with Crippen LogP contribution in [-0.4, -0.2) is 27.2 Å². The topological polar surface area (TPSA) is 85.8 Å². The van der Waals surface area contributed by atoms with E-state index in [1.54, 1.807) is 0 Å². The molecule has 0 aliphatic carbocycles. The van der Waals surface area contributed by atoms with E-state index < -0.39 is 0 Å². The Morgan fingerprint density at radius 2 is 2.21 bits per heavy atom. The molecule has 6 nitrogen and oxygen atoms in total. The number of hydrogen-bond acceptors (Lipinski definition) is 4. The Balaban J connectivity index is 1.77. The predicted octanol–water partition coefficient (Wildman–Crippen LogP) is 0.528. The maximum Gasteiger partial charge on any atom is 0.241 e. The Labute approximate surface area is 111 Å². The Morgan fingerprint density at radius 1 is 1.42 bits per heavy atom. The number of anilines is 1.